The highest BCUT2D eigenvalue weighted by molar-refractivity contribution is 9.10. The molecule has 3 aromatic heterocycles. The van der Waals surface area contributed by atoms with Gasteiger partial charge in [-0.25, -0.2) is 0 Å². The van der Waals surface area contributed by atoms with Crippen LogP contribution in [0.5, 0.6) is 5.88 Å². The molecule has 35 heavy (non-hydrogen) atoms. The van der Waals surface area contributed by atoms with Crippen molar-refractivity contribution in [2.75, 3.05) is 13.1 Å². The Morgan fingerprint density at radius 2 is 1.89 bits per heavy atom. The summed E-state index contributed by atoms with van der Waals surface area (Å²) < 4.78 is 8.00. The van der Waals surface area contributed by atoms with Gasteiger partial charge in [-0.05, 0) is 73.7 Å². The van der Waals surface area contributed by atoms with Crippen LogP contribution in [-0.2, 0) is 6.42 Å². The molecule has 0 bridgehead atoms. The summed E-state index contributed by atoms with van der Waals surface area (Å²) in [5, 5.41) is 15.8. The predicted molar refractivity (Wildman–Crippen MR) is 141 cm³/mol. The van der Waals surface area contributed by atoms with Crippen LogP contribution in [0.4, 0.5) is 0 Å². The van der Waals surface area contributed by atoms with Crippen LogP contribution < -0.4 is 0 Å². The van der Waals surface area contributed by atoms with Crippen LogP contribution in [0, 0.1) is 5.92 Å². The number of thiazole rings is 1. The molecule has 0 radical (unpaired) electrons. The van der Waals surface area contributed by atoms with Gasteiger partial charge in [0.05, 0.1) is 17.2 Å². The van der Waals surface area contributed by atoms with Crippen LogP contribution in [0.3, 0.4) is 0 Å². The van der Waals surface area contributed by atoms with Crippen molar-refractivity contribution < 1.29 is 9.52 Å². The maximum atomic E-state index is 11.3. The Morgan fingerprint density at radius 3 is 2.60 bits per heavy atom. The van der Waals surface area contributed by atoms with Crippen LogP contribution in [0.15, 0.2) is 81.9 Å². The molecule has 1 saturated heterocycles. The van der Waals surface area contributed by atoms with Crippen molar-refractivity contribution in [1.82, 2.24) is 19.5 Å². The predicted octanol–water partition coefficient (Wildman–Crippen LogP) is 6.56. The molecule has 0 aliphatic carbocycles. The number of piperidine rings is 1. The lowest BCUT2D eigenvalue weighted by atomic mass is 9.89. The summed E-state index contributed by atoms with van der Waals surface area (Å²) in [6.07, 6.45) is 4.97. The third-order valence-electron chi connectivity index (χ3n) is 6.74. The van der Waals surface area contributed by atoms with Crippen molar-refractivity contribution in [3.63, 3.8) is 0 Å². The molecule has 0 spiro atoms. The molecule has 0 saturated carbocycles. The van der Waals surface area contributed by atoms with E-state index in [2.05, 4.69) is 79.4 Å². The van der Waals surface area contributed by atoms with Crippen LogP contribution in [0.2, 0.25) is 0 Å². The lowest BCUT2D eigenvalue weighted by molar-refractivity contribution is 0.150. The first-order valence-corrected chi connectivity index (χ1v) is 13.4. The summed E-state index contributed by atoms with van der Waals surface area (Å²) in [6, 6.07) is 22.7. The molecule has 6 nitrogen and oxygen atoms in total. The summed E-state index contributed by atoms with van der Waals surface area (Å²) in [5.41, 5.74) is 2.55. The van der Waals surface area contributed by atoms with Gasteiger partial charge in [0, 0.05) is 4.47 Å². The van der Waals surface area contributed by atoms with Crippen LogP contribution in [0.1, 0.15) is 34.9 Å². The van der Waals surface area contributed by atoms with E-state index in [1.54, 1.807) is 12.3 Å². The smallest absolute Gasteiger partial charge is 0.230 e. The molecule has 1 fully saturated rings. The first kappa shape index (κ1) is 22.5. The van der Waals surface area contributed by atoms with Gasteiger partial charge >= 0.3 is 0 Å². The number of fused-ring (bicyclic) bond motifs is 1. The zero-order valence-electron chi connectivity index (χ0n) is 19.0. The van der Waals surface area contributed by atoms with E-state index in [1.807, 2.05) is 12.1 Å². The number of halogens is 1. The Bertz CT molecular complexity index is 1420. The summed E-state index contributed by atoms with van der Waals surface area (Å²) in [6.45, 7) is 1.94. The van der Waals surface area contributed by atoms with Crippen molar-refractivity contribution >= 4 is 32.2 Å². The molecule has 4 heterocycles. The molecule has 0 amide bonds. The number of benzene rings is 2. The van der Waals surface area contributed by atoms with E-state index in [4.69, 9.17) is 4.42 Å². The van der Waals surface area contributed by atoms with Gasteiger partial charge in [0.15, 0.2) is 5.76 Å². The average molecular weight is 549 g/mol. The molecule has 1 N–H and O–H groups in total. The fourth-order valence-electron chi connectivity index (χ4n) is 5.01. The Kier molecular flexibility index (Phi) is 6.18. The highest BCUT2D eigenvalue weighted by Gasteiger charge is 2.32. The number of hydrogen-bond acceptors (Lipinski definition) is 6. The van der Waals surface area contributed by atoms with Gasteiger partial charge in [-0.3, -0.25) is 4.90 Å². The summed E-state index contributed by atoms with van der Waals surface area (Å²) >= 11 is 5.12. The fourth-order valence-corrected chi connectivity index (χ4v) is 6.54. The molecule has 178 valence electrons. The van der Waals surface area contributed by atoms with Crippen LogP contribution in [-0.4, -0.2) is 37.7 Å². The third kappa shape index (κ3) is 4.53. The third-order valence-corrected chi connectivity index (χ3v) is 8.30. The summed E-state index contributed by atoms with van der Waals surface area (Å²) in [5.74, 6) is 1.88. The van der Waals surface area contributed by atoms with Gasteiger partial charge in [-0.2, -0.15) is 9.50 Å². The van der Waals surface area contributed by atoms with Crippen molar-refractivity contribution in [1.29, 1.82) is 0 Å². The van der Waals surface area contributed by atoms with Crippen molar-refractivity contribution in [2.24, 2.45) is 5.92 Å². The molecule has 1 aliphatic heterocycles. The van der Waals surface area contributed by atoms with E-state index in [0.29, 0.717) is 22.5 Å². The summed E-state index contributed by atoms with van der Waals surface area (Å²) in [7, 11) is 0. The first-order chi connectivity index (χ1) is 17.2. The second-order valence-corrected chi connectivity index (χ2v) is 10.9. The van der Waals surface area contributed by atoms with Crippen molar-refractivity contribution in [2.45, 2.75) is 25.3 Å². The van der Waals surface area contributed by atoms with Gasteiger partial charge in [-0.15, -0.1) is 5.10 Å². The van der Waals surface area contributed by atoms with Gasteiger partial charge in [-0.1, -0.05) is 69.7 Å². The van der Waals surface area contributed by atoms with Crippen LogP contribution >= 0.6 is 27.3 Å². The number of hydrogen-bond donors (Lipinski definition) is 1. The summed E-state index contributed by atoms with van der Waals surface area (Å²) in [4.78, 5) is 8.63. The monoisotopic (exact) mass is 548 g/mol. The maximum absolute atomic E-state index is 11.3. The van der Waals surface area contributed by atoms with Gasteiger partial charge < -0.3 is 9.52 Å². The van der Waals surface area contributed by atoms with E-state index < -0.39 is 0 Å². The number of furan rings is 1. The Morgan fingerprint density at radius 1 is 1.06 bits per heavy atom. The fraction of sp³-hybridized carbons (Fsp3) is 0.259. The second-order valence-electron chi connectivity index (χ2n) is 9.02. The molecule has 6 rings (SSSR count). The number of nitrogens with zero attached hydrogens (tertiary/aromatic N) is 4. The van der Waals surface area contributed by atoms with E-state index in [-0.39, 0.29) is 11.9 Å². The topological polar surface area (TPSA) is 66.8 Å². The molecular formula is C27H25BrN4O2S. The molecule has 2 aromatic carbocycles. The van der Waals surface area contributed by atoms with E-state index >= 15 is 0 Å². The lowest BCUT2D eigenvalue weighted by Crippen LogP contribution is -2.37. The highest BCUT2D eigenvalue weighted by atomic mass is 79.9. The minimum absolute atomic E-state index is 0.0641. The minimum atomic E-state index is -0.0641. The lowest BCUT2D eigenvalue weighted by Gasteiger charge is -2.37. The molecule has 1 unspecified atom stereocenters. The molecule has 1 atom stereocenters. The molecule has 8 heteroatoms. The Labute approximate surface area is 216 Å². The van der Waals surface area contributed by atoms with Gasteiger partial charge in [0.2, 0.25) is 16.7 Å². The number of aromatic nitrogens is 3. The van der Waals surface area contributed by atoms with Crippen molar-refractivity contribution in [3.8, 4) is 17.5 Å². The number of aromatic hydroxyl groups is 1. The van der Waals surface area contributed by atoms with E-state index in [0.717, 1.165) is 47.3 Å². The highest BCUT2D eigenvalue weighted by Crippen LogP contribution is 2.42. The first-order valence-electron chi connectivity index (χ1n) is 11.8. The largest absolute Gasteiger partial charge is 0.492 e. The average Bonchev–Trinajstić information content (AvgIpc) is 3.60. The standard InChI is InChI=1S/C27H25BrN4O2S/c28-21-9-4-8-20(17-21)23(31-13-11-19(12-14-31)16-18-6-2-1-3-7-18)24-26(33)32-27(35-24)29-25(30-32)22-10-5-15-34-22/h1-10,15,17,19,23,33H,11-14,16H2. The normalized spacial score (nSPS) is 16.1. The SMILES string of the molecule is Oc1c(C(c2cccc(Br)c2)N2CCC(Cc3ccccc3)CC2)sc2nc(-c3ccco3)nn12. The van der Waals surface area contributed by atoms with E-state index in [9.17, 15) is 5.11 Å². The molecule has 1 aliphatic rings. The Balaban J connectivity index is 1.30. The molecule has 5 aromatic rings. The second kappa shape index (κ2) is 9.60. The van der Waals surface area contributed by atoms with E-state index in [1.165, 1.54) is 21.4 Å². The maximum Gasteiger partial charge on any atom is 0.230 e. The minimum Gasteiger partial charge on any atom is -0.492 e. The number of likely N-dealkylation sites (tertiary alicyclic amines) is 1. The van der Waals surface area contributed by atoms with Gasteiger partial charge in [0.25, 0.3) is 0 Å². The zero-order valence-corrected chi connectivity index (χ0v) is 21.5. The van der Waals surface area contributed by atoms with Crippen LogP contribution in [0.25, 0.3) is 16.5 Å². The zero-order chi connectivity index (χ0) is 23.8. The quantitative estimate of drug-likeness (QED) is 0.260. The van der Waals surface area contributed by atoms with Gasteiger partial charge in [0.1, 0.15) is 0 Å². The molecular weight excluding hydrogens is 524 g/mol. The number of rotatable bonds is 6. The van der Waals surface area contributed by atoms with Crippen molar-refractivity contribution in [3.05, 3.63) is 93.5 Å². The Hall–Kier alpha value is -2.94.